The fourth-order valence-corrected chi connectivity index (χ4v) is 2.45. The molecule has 2 nitrogen and oxygen atoms in total. The van der Waals surface area contributed by atoms with E-state index in [0.717, 1.165) is 22.9 Å². The van der Waals surface area contributed by atoms with Gasteiger partial charge in [0.05, 0.1) is 0 Å². The van der Waals surface area contributed by atoms with Gasteiger partial charge in [0.25, 0.3) is 0 Å². The smallest absolute Gasteiger partial charge is 0.120 e. The first-order valence-corrected chi connectivity index (χ1v) is 6.35. The van der Waals surface area contributed by atoms with Crippen molar-refractivity contribution < 1.29 is 5.11 Å². The van der Waals surface area contributed by atoms with Crippen molar-refractivity contribution in [2.75, 3.05) is 0 Å². The molecule has 0 spiro atoms. The minimum atomic E-state index is 0.169. The molecular formula is C13H16BrNO. The maximum atomic E-state index is 9.80. The van der Waals surface area contributed by atoms with Gasteiger partial charge in [-0.2, -0.15) is 0 Å². The number of hydrogen-bond acceptors (Lipinski definition) is 2. The van der Waals surface area contributed by atoms with Gasteiger partial charge in [-0.3, -0.25) is 0 Å². The number of halogens is 1. The number of phenolic OH excluding ortho intramolecular Hbond substituents is 1. The van der Waals surface area contributed by atoms with Gasteiger partial charge in [-0.15, -0.1) is 0 Å². The van der Waals surface area contributed by atoms with E-state index in [1.54, 1.807) is 6.07 Å². The van der Waals surface area contributed by atoms with Crippen LogP contribution in [0.2, 0.25) is 0 Å². The third-order valence-corrected chi connectivity index (χ3v) is 3.44. The Kier molecular flexibility index (Phi) is 3.66. The lowest BCUT2D eigenvalue weighted by Crippen LogP contribution is -2.29. The third kappa shape index (κ3) is 2.66. The summed E-state index contributed by atoms with van der Waals surface area (Å²) in [6, 6.07) is 6.22. The second-order valence-corrected chi connectivity index (χ2v) is 5.15. The Morgan fingerprint density at radius 2 is 2.06 bits per heavy atom. The van der Waals surface area contributed by atoms with Crippen molar-refractivity contribution in [2.45, 2.75) is 31.8 Å². The fraction of sp³-hybridized carbons (Fsp3) is 0.385. The van der Waals surface area contributed by atoms with Crippen LogP contribution in [0.4, 0.5) is 0 Å². The lowest BCUT2D eigenvalue weighted by atomic mass is 10.1. The molecule has 0 aromatic heterocycles. The van der Waals surface area contributed by atoms with E-state index in [1.807, 2.05) is 12.1 Å². The summed E-state index contributed by atoms with van der Waals surface area (Å²) in [5, 5.41) is 13.3. The molecule has 0 aliphatic heterocycles. The van der Waals surface area contributed by atoms with Crippen LogP contribution in [0.25, 0.3) is 0 Å². The van der Waals surface area contributed by atoms with Crippen molar-refractivity contribution in [3.63, 3.8) is 0 Å². The van der Waals surface area contributed by atoms with Crippen LogP contribution in [0.3, 0.4) is 0 Å². The predicted molar refractivity (Wildman–Crippen MR) is 69.5 cm³/mol. The van der Waals surface area contributed by atoms with Crippen LogP contribution in [0, 0.1) is 0 Å². The second kappa shape index (κ2) is 5.02. The minimum Gasteiger partial charge on any atom is -0.508 e. The molecule has 0 bridgehead atoms. The number of hydrogen-bond donors (Lipinski definition) is 2. The zero-order chi connectivity index (χ0) is 11.5. The summed E-state index contributed by atoms with van der Waals surface area (Å²) in [5.74, 6) is 0.356. The first-order chi connectivity index (χ1) is 7.66. The molecule has 3 heteroatoms. The minimum absolute atomic E-state index is 0.169. The number of rotatable bonds is 3. The molecule has 0 radical (unpaired) electrons. The number of aromatic hydroxyl groups is 1. The molecule has 1 unspecified atom stereocenters. The van der Waals surface area contributed by atoms with Crippen molar-refractivity contribution in [3.05, 3.63) is 40.4 Å². The van der Waals surface area contributed by atoms with Gasteiger partial charge in [0, 0.05) is 22.1 Å². The Hall–Kier alpha value is -0.800. The van der Waals surface area contributed by atoms with Gasteiger partial charge in [-0.1, -0.05) is 28.1 Å². The highest BCUT2D eigenvalue weighted by Crippen LogP contribution is 2.28. The summed E-state index contributed by atoms with van der Waals surface area (Å²) in [6.07, 6.45) is 6.56. The standard InChI is InChI=1S/C13H16BrNO/c1-9(15-11-4-2-3-5-11)12-8-10(14)6-7-13(12)16/h2-3,6-9,11,15-16H,4-5H2,1H3. The highest BCUT2D eigenvalue weighted by molar-refractivity contribution is 9.10. The van der Waals surface area contributed by atoms with E-state index in [1.165, 1.54) is 0 Å². The predicted octanol–water partition coefficient (Wildman–Crippen LogP) is 3.52. The van der Waals surface area contributed by atoms with E-state index in [0.29, 0.717) is 11.8 Å². The molecule has 16 heavy (non-hydrogen) atoms. The molecule has 0 amide bonds. The Morgan fingerprint density at radius 3 is 2.75 bits per heavy atom. The fourth-order valence-electron chi connectivity index (χ4n) is 2.07. The Labute approximate surface area is 105 Å². The lowest BCUT2D eigenvalue weighted by molar-refractivity contribution is 0.431. The molecular weight excluding hydrogens is 266 g/mol. The van der Waals surface area contributed by atoms with Crippen LogP contribution >= 0.6 is 15.9 Å². The molecule has 0 saturated heterocycles. The SMILES string of the molecule is CC(NC1CC=CC1)c1cc(Br)ccc1O. The largest absolute Gasteiger partial charge is 0.508 e. The first-order valence-electron chi connectivity index (χ1n) is 5.56. The summed E-state index contributed by atoms with van der Waals surface area (Å²) in [7, 11) is 0. The van der Waals surface area contributed by atoms with Crippen LogP contribution in [0.15, 0.2) is 34.8 Å². The molecule has 1 aromatic rings. The van der Waals surface area contributed by atoms with Crippen molar-refractivity contribution in [3.8, 4) is 5.75 Å². The van der Waals surface area contributed by atoms with Gasteiger partial charge in [-0.05, 0) is 38.0 Å². The molecule has 0 saturated carbocycles. The maximum Gasteiger partial charge on any atom is 0.120 e. The Morgan fingerprint density at radius 1 is 1.38 bits per heavy atom. The molecule has 0 fully saturated rings. The second-order valence-electron chi connectivity index (χ2n) is 4.23. The average Bonchev–Trinajstić information content (AvgIpc) is 2.74. The molecule has 1 aliphatic rings. The van der Waals surface area contributed by atoms with E-state index >= 15 is 0 Å². The zero-order valence-electron chi connectivity index (χ0n) is 9.28. The normalized spacial score (nSPS) is 17.9. The van der Waals surface area contributed by atoms with Crippen molar-refractivity contribution in [2.24, 2.45) is 0 Å². The van der Waals surface area contributed by atoms with Crippen molar-refractivity contribution in [1.29, 1.82) is 0 Å². The van der Waals surface area contributed by atoms with Crippen LogP contribution in [0.5, 0.6) is 5.75 Å². The van der Waals surface area contributed by atoms with Gasteiger partial charge in [0.15, 0.2) is 0 Å². The van der Waals surface area contributed by atoms with E-state index < -0.39 is 0 Å². The monoisotopic (exact) mass is 281 g/mol. The quantitative estimate of drug-likeness (QED) is 0.831. The number of benzene rings is 1. The van der Waals surface area contributed by atoms with Crippen LogP contribution in [-0.2, 0) is 0 Å². The topological polar surface area (TPSA) is 32.3 Å². The molecule has 2 rings (SSSR count). The zero-order valence-corrected chi connectivity index (χ0v) is 10.9. The van der Waals surface area contributed by atoms with Gasteiger partial charge in [-0.25, -0.2) is 0 Å². The van der Waals surface area contributed by atoms with E-state index in [9.17, 15) is 5.11 Å². The van der Waals surface area contributed by atoms with Gasteiger partial charge in [0.1, 0.15) is 5.75 Å². The van der Waals surface area contributed by atoms with Crippen molar-refractivity contribution >= 4 is 15.9 Å². The molecule has 86 valence electrons. The summed E-state index contributed by atoms with van der Waals surface area (Å²) in [4.78, 5) is 0. The van der Waals surface area contributed by atoms with E-state index in [-0.39, 0.29) is 6.04 Å². The summed E-state index contributed by atoms with van der Waals surface area (Å²) in [5.41, 5.74) is 0.946. The lowest BCUT2D eigenvalue weighted by Gasteiger charge is -2.20. The van der Waals surface area contributed by atoms with Gasteiger partial charge >= 0.3 is 0 Å². The average molecular weight is 282 g/mol. The third-order valence-electron chi connectivity index (χ3n) is 2.95. The van der Waals surface area contributed by atoms with Crippen LogP contribution in [0.1, 0.15) is 31.4 Å². The van der Waals surface area contributed by atoms with E-state index in [2.05, 4.69) is 40.3 Å². The molecule has 0 heterocycles. The Bertz CT molecular complexity index is 395. The highest BCUT2D eigenvalue weighted by atomic mass is 79.9. The summed E-state index contributed by atoms with van der Waals surface area (Å²) in [6.45, 7) is 2.08. The maximum absolute atomic E-state index is 9.80. The molecule has 1 aliphatic carbocycles. The number of phenols is 1. The molecule has 1 aromatic carbocycles. The van der Waals surface area contributed by atoms with E-state index in [4.69, 9.17) is 0 Å². The first kappa shape index (κ1) is 11.7. The summed E-state index contributed by atoms with van der Waals surface area (Å²) >= 11 is 3.43. The molecule has 2 N–H and O–H groups in total. The molecule has 1 atom stereocenters. The van der Waals surface area contributed by atoms with Crippen molar-refractivity contribution in [1.82, 2.24) is 5.32 Å². The van der Waals surface area contributed by atoms with Gasteiger partial charge in [0.2, 0.25) is 0 Å². The van der Waals surface area contributed by atoms with Crippen LogP contribution in [-0.4, -0.2) is 11.1 Å². The number of nitrogens with one attached hydrogen (secondary N) is 1. The van der Waals surface area contributed by atoms with Gasteiger partial charge < -0.3 is 10.4 Å². The Balaban J connectivity index is 2.07. The summed E-state index contributed by atoms with van der Waals surface area (Å²) < 4.78 is 0.999. The highest BCUT2D eigenvalue weighted by Gasteiger charge is 2.16. The van der Waals surface area contributed by atoms with Crippen LogP contribution < -0.4 is 5.32 Å².